The Morgan fingerprint density at radius 2 is 1.82 bits per heavy atom. The van der Waals surface area contributed by atoms with Gasteiger partial charge in [-0.1, -0.05) is 6.07 Å². The Kier molecular flexibility index (Phi) is 6.92. The van der Waals surface area contributed by atoms with E-state index in [9.17, 15) is 21.6 Å². The van der Waals surface area contributed by atoms with Gasteiger partial charge >= 0.3 is 0 Å². The number of sulfonamides is 1. The summed E-state index contributed by atoms with van der Waals surface area (Å²) < 4.78 is 87.7. The molecule has 14 heteroatoms. The van der Waals surface area contributed by atoms with Crippen LogP contribution >= 0.6 is 0 Å². The molecule has 0 amide bonds. The number of halogens is 4. The number of rotatable bonds is 8. The summed E-state index contributed by atoms with van der Waals surface area (Å²) in [5, 5.41) is 16.2. The number of fused-ring (bicyclic) bond motifs is 1. The first-order valence-corrected chi connectivity index (χ1v) is 13.2. The van der Waals surface area contributed by atoms with Crippen molar-refractivity contribution in [2.24, 2.45) is 0 Å². The number of aryl methyl sites for hydroxylation is 1. The van der Waals surface area contributed by atoms with E-state index in [2.05, 4.69) is 20.4 Å². The molecule has 3 heterocycles. The van der Waals surface area contributed by atoms with Crippen molar-refractivity contribution in [3.8, 4) is 28.6 Å². The van der Waals surface area contributed by atoms with Crippen LogP contribution in [0.5, 0.6) is 0 Å². The van der Waals surface area contributed by atoms with Crippen LogP contribution in [0.4, 0.5) is 29.2 Å². The van der Waals surface area contributed by atoms with Crippen LogP contribution in [0, 0.1) is 34.6 Å². The van der Waals surface area contributed by atoms with Gasteiger partial charge in [0.1, 0.15) is 28.8 Å². The first-order valence-electron chi connectivity index (χ1n) is 11.7. The Morgan fingerprint density at radius 1 is 1.05 bits per heavy atom. The van der Waals surface area contributed by atoms with E-state index in [0.717, 1.165) is 30.3 Å². The van der Waals surface area contributed by atoms with Gasteiger partial charge in [0.25, 0.3) is 10.0 Å². The van der Waals surface area contributed by atoms with Gasteiger partial charge in [0.2, 0.25) is 5.95 Å². The first kappa shape index (κ1) is 26.1. The first-order chi connectivity index (χ1) is 18.7. The Hall–Kier alpha value is -4.51. The van der Waals surface area contributed by atoms with E-state index in [4.69, 9.17) is 5.26 Å². The topological polar surface area (TPSA) is 126 Å². The summed E-state index contributed by atoms with van der Waals surface area (Å²) >= 11 is 0. The fourth-order valence-corrected chi connectivity index (χ4v) is 5.56. The highest BCUT2D eigenvalue weighted by atomic mass is 32.2. The monoisotopic (exact) mass is 557 g/mol. The third kappa shape index (κ3) is 4.88. The maximum Gasteiger partial charge on any atom is 0.267 e. The number of aromatic nitrogens is 4. The number of nitrogens with zero attached hydrogens (tertiary/aromatic N) is 5. The largest absolute Gasteiger partial charge is 0.353 e. The standard InChI is InChI=1S/C25H19F4N7O2S/c26-15-8-7-14(21(29)23(15)35-39(37,38)24-16(27)4-1-5-17(24)28)22-20(19-6-2-13-36(19)34-22)18-9-12-32-25(33-18)31-11-3-10-30/h1,4-5,7-9,12,35H,2-3,6,11,13H2,(H,31,32,33). The number of nitriles is 1. The molecule has 0 saturated carbocycles. The van der Waals surface area contributed by atoms with Crippen LogP contribution in [0.25, 0.3) is 22.5 Å². The van der Waals surface area contributed by atoms with E-state index in [-0.39, 0.29) is 23.6 Å². The number of anilines is 2. The van der Waals surface area contributed by atoms with Crippen molar-refractivity contribution in [3.05, 3.63) is 71.6 Å². The molecule has 9 nitrogen and oxygen atoms in total. The average Bonchev–Trinajstić information content (AvgIpc) is 3.48. The molecule has 0 unspecified atom stereocenters. The van der Waals surface area contributed by atoms with Crippen LogP contribution < -0.4 is 10.0 Å². The van der Waals surface area contributed by atoms with E-state index in [1.54, 1.807) is 15.5 Å². The van der Waals surface area contributed by atoms with Gasteiger partial charge in [-0.3, -0.25) is 9.40 Å². The molecule has 0 bridgehead atoms. The molecular formula is C25H19F4N7O2S. The summed E-state index contributed by atoms with van der Waals surface area (Å²) in [4.78, 5) is 7.22. The van der Waals surface area contributed by atoms with Crippen LogP contribution in [-0.4, -0.2) is 34.7 Å². The molecule has 200 valence electrons. The van der Waals surface area contributed by atoms with Gasteiger partial charge < -0.3 is 5.32 Å². The van der Waals surface area contributed by atoms with E-state index in [1.807, 2.05) is 6.07 Å². The van der Waals surface area contributed by atoms with Crippen molar-refractivity contribution >= 4 is 21.7 Å². The van der Waals surface area contributed by atoms with Gasteiger partial charge in [0.15, 0.2) is 10.7 Å². The second-order valence-electron chi connectivity index (χ2n) is 8.54. The molecule has 4 aromatic rings. The molecule has 0 radical (unpaired) electrons. The van der Waals surface area contributed by atoms with Crippen molar-refractivity contribution < 1.29 is 26.0 Å². The van der Waals surface area contributed by atoms with Crippen molar-refractivity contribution in [3.63, 3.8) is 0 Å². The predicted molar refractivity (Wildman–Crippen MR) is 133 cm³/mol. The van der Waals surface area contributed by atoms with Crippen LogP contribution in [0.3, 0.4) is 0 Å². The summed E-state index contributed by atoms with van der Waals surface area (Å²) in [7, 11) is -5.05. The lowest BCUT2D eigenvalue weighted by atomic mass is 10.0. The predicted octanol–water partition coefficient (Wildman–Crippen LogP) is 4.64. The van der Waals surface area contributed by atoms with E-state index >= 15 is 4.39 Å². The third-order valence-corrected chi connectivity index (χ3v) is 7.44. The highest BCUT2D eigenvalue weighted by Gasteiger charge is 2.30. The Labute approximate surface area is 220 Å². The fraction of sp³-hybridized carbons (Fsp3) is 0.200. The minimum Gasteiger partial charge on any atom is -0.353 e. The molecular weight excluding hydrogens is 538 g/mol. The van der Waals surface area contributed by atoms with Crippen molar-refractivity contribution in [1.82, 2.24) is 19.7 Å². The second-order valence-corrected chi connectivity index (χ2v) is 10.2. The molecule has 0 saturated heterocycles. The minimum absolute atomic E-state index is 0.0707. The number of nitrogens with one attached hydrogen (secondary N) is 2. The Morgan fingerprint density at radius 3 is 2.56 bits per heavy atom. The SMILES string of the molecule is N#CCCNc1nccc(-c2c(-c3ccc(F)c(NS(=O)(=O)c4c(F)cccc4F)c3F)nn3c2CCC3)n1. The second kappa shape index (κ2) is 10.3. The van der Waals surface area contributed by atoms with Crippen molar-refractivity contribution in [1.29, 1.82) is 5.26 Å². The molecule has 5 rings (SSSR count). The maximum absolute atomic E-state index is 15.8. The van der Waals surface area contributed by atoms with Gasteiger partial charge in [-0.2, -0.15) is 10.4 Å². The fourth-order valence-electron chi connectivity index (χ4n) is 4.36. The molecule has 1 aliphatic heterocycles. The van der Waals surface area contributed by atoms with Gasteiger partial charge in [-0.15, -0.1) is 0 Å². The highest BCUT2D eigenvalue weighted by molar-refractivity contribution is 7.92. The lowest BCUT2D eigenvalue weighted by molar-refractivity contribution is 0.520. The smallest absolute Gasteiger partial charge is 0.267 e. The van der Waals surface area contributed by atoms with Crippen LogP contribution in [0.1, 0.15) is 18.5 Å². The minimum atomic E-state index is -5.05. The highest BCUT2D eigenvalue weighted by Crippen LogP contribution is 2.40. The molecule has 0 spiro atoms. The van der Waals surface area contributed by atoms with Gasteiger partial charge in [0, 0.05) is 36.1 Å². The summed E-state index contributed by atoms with van der Waals surface area (Å²) in [6, 6.07) is 7.90. The molecule has 0 atom stereocenters. The van der Waals surface area contributed by atoms with Crippen LogP contribution in [0.15, 0.2) is 47.5 Å². The zero-order chi connectivity index (χ0) is 27.7. The number of benzene rings is 2. The average molecular weight is 558 g/mol. The number of hydrogen-bond acceptors (Lipinski definition) is 7. The molecule has 2 aromatic carbocycles. The normalized spacial score (nSPS) is 12.7. The van der Waals surface area contributed by atoms with Crippen molar-refractivity contribution in [2.45, 2.75) is 30.7 Å². The Balaban J connectivity index is 1.61. The van der Waals surface area contributed by atoms with Crippen molar-refractivity contribution in [2.75, 3.05) is 16.6 Å². The molecule has 2 N–H and O–H groups in total. The van der Waals surface area contributed by atoms with E-state index in [1.165, 1.54) is 6.20 Å². The summed E-state index contributed by atoms with van der Waals surface area (Å²) in [5.41, 5.74) is 0.264. The molecule has 39 heavy (non-hydrogen) atoms. The van der Waals surface area contributed by atoms with Gasteiger partial charge in [-0.05, 0) is 43.2 Å². The van der Waals surface area contributed by atoms with Gasteiger partial charge in [-0.25, -0.2) is 35.9 Å². The lowest BCUT2D eigenvalue weighted by Gasteiger charge is -2.14. The van der Waals surface area contributed by atoms with Crippen LogP contribution in [-0.2, 0) is 23.0 Å². The molecule has 0 aliphatic carbocycles. The zero-order valence-electron chi connectivity index (χ0n) is 20.0. The van der Waals surface area contributed by atoms with E-state index < -0.39 is 43.9 Å². The molecule has 1 aliphatic rings. The number of hydrogen-bond donors (Lipinski definition) is 2. The van der Waals surface area contributed by atoms with Crippen LogP contribution in [0.2, 0.25) is 0 Å². The third-order valence-electron chi connectivity index (χ3n) is 6.04. The molecule has 0 fully saturated rings. The summed E-state index contributed by atoms with van der Waals surface area (Å²) in [6.45, 7) is 0.840. The van der Waals surface area contributed by atoms with Gasteiger partial charge in [0.05, 0.1) is 18.2 Å². The lowest BCUT2D eigenvalue weighted by Crippen LogP contribution is -2.18. The summed E-state index contributed by atoms with van der Waals surface area (Å²) in [6.07, 6.45) is 3.07. The maximum atomic E-state index is 15.8. The Bertz CT molecular complexity index is 1710. The summed E-state index contributed by atoms with van der Waals surface area (Å²) in [5.74, 6) is -5.23. The quantitative estimate of drug-likeness (QED) is 0.239. The zero-order valence-corrected chi connectivity index (χ0v) is 20.9. The molecule has 2 aromatic heterocycles. The van der Waals surface area contributed by atoms with E-state index in [0.29, 0.717) is 42.9 Å².